The molecular weight excluding hydrogens is 218 g/mol. The highest BCUT2D eigenvalue weighted by Gasteiger charge is 2.12. The van der Waals surface area contributed by atoms with Crippen LogP contribution in [0.15, 0.2) is 24.4 Å². The maximum atomic E-state index is 9.70. The van der Waals surface area contributed by atoms with E-state index in [1.165, 1.54) is 0 Å². The smallest absolute Gasteiger partial charge is 0.130 e. The molecule has 0 aliphatic heterocycles. The van der Waals surface area contributed by atoms with E-state index in [0.717, 1.165) is 10.8 Å². The predicted molar refractivity (Wildman–Crippen MR) is 65.5 cm³/mol. The normalized spacial score (nSPS) is 12.5. The molecule has 0 radical (unpaired) electrons. The maximum absolute atomic E-state index is 9.70. The second-order valence-corrected chi connectivity index (χ2v) is 3.80. The Hall–Kier alpha value is -1.81. The van der Waals surface area contributed by atoms with Crippen LogP contribution in [0.4, 0.5) is 0 Å². The highest BCUT2D eigenvalue weighted by Crippen LogP contribution is 2.33. The van der Waals surface area contributed by atoms with Gasteiger partial charge in [0.25, 0.3) is 0 Å². The third kappa shape index (κ3) is 2.03. The fraction of sp³-hybridized carbons (Fsp3) is 0.308. The summed E-state index contributed by atoms with van der Waals surface area (Å²) in [5, 5.41) is 11.5. The largest absolute Gasteiger partial charge is 0.497 e. The Bertz CT molecular complexity index is 537. The molecule has 0 saturated heterocycles. The minimum absolute atomic E-state index is 0.625. The summed E-state index contributed by atoms with van der Waals surface area (Å²) in [6.45, 7) is 1.69. The van der Waals surface area contributed by atoms with E-state index in [-0.39, 0.29) is 0 Å². The van der Waals surface area contributed by atoms with Gasteiger partial charge in [0, 0.05) is 23.0 Å². The minimum Gasteiger partial charge on any atom is -0.497 e. The lowest BCUT2D eigenvalue weighted by atomic mass is 10.1. The number of hydrogen-bond donors (Lipinski definition) is 1. The number of ether oxygens (including phenoxy) is 2. The monoisotopic (exact) mass is 233 g/mol. The molecule has 0 fully saturated rings. The zero-order valence-corrected chi connectivity index (χ0v) is 10.1. The molecule has 0 bridgehead atoms. The topological polar surface area (TPSA) is 51.6 Å². The Morgan fingerprint density at radius 3 is 2.53 bits per heavy atom. The van der Waals surface area contributed by atoms with Gasteiger partial charge in [-0.25, -0.2) is 0 Å². The number of rotatable bonds is 3. The van der Waals surface area contributed by atoms with Crippen LogP contribution in [0.2, 0.25) is 0 Å². The zero-order valence-electron chi connectivity index (χ0n) is 10.1. The molecule has 0 aliphatic rings. The van der Waals surface area contributed by atoms with Crippen LogP contribution in [0.1, 0.15) is 18.7 Å². The Balaban J connectivity index is 2.79. The molecule has 4 nitrogen and oxygen atoms in total. The molecule has 1 N–H and O–H groups in total. The van der Waals surface area contributed by atoms with E-state index in [0.29, 0.717) is 17.2 Å². The first-order chi connectivity index (χ1) is 8.17. The van der Waals surface area contributed by atoms with Gasteiger partial charge in [-0.15, -0.1) is 0 Å². The van der Waals surface area contributed by atoms with Crippen molar-refractivity contribution < 1.29 is 14.6 Å². The van der Waals surface area contributed by atoms with Gasteiger partial charge in [-0.1, -0.05) is 0 Å². The number of aliphatic hydroxyl groups is 1. The Labute approximate surface area is 99.8 Å². The van der Waals surface area contributed by atoms with E-state index >= 15 is 0 Å². The Morgan fingerprint density at radius 2 is 1.94 bits per heavy atom. The molecule has 1 atom stereocenters. The lowest BCUT2D eigenvalue weighted by Gasteiger charge is -2.12. The van der Waals surface area contributed by atoms with Crippen LogP contribution in [-0.4, -0.2) is 24.3 Å². The summed E-state index contributed by atoms with van der Waals surface area (Å²) in [6.07, 6.45) is 1.04. The fourth-order valence-electron chi connectivity index (χ4n) is 1.87. The SMILES string of the molecule is COc1cc(OC)c2ccnc(C(C)O)c2c1. The highest BCUT2D eigenvalue weighted by atomic mass is 16.5. The second-order valence-electron chi connectivity index (χ2n) is 3.80. The summed E-state index contributed by atoms with van der Waals surface area (Å²) in [5.41, 5.74) is 0.625. The first-order valence-electron chi connectivity index (χ1n) is 5.36. The lowest BCUT2D eigenvalue weighted by Crippen LogP contribution is -1.98. The molecule has 2 rings (SSSR count). The molecule has 90 valence electrons. The second kappa shape index (κ2) is 4.59. The van der Waals surface area contributed by atoms with Gasteiger partial charge in [0.1, 0.15) is 11.5 Å². The minimum atomic E-state index is -0.629. The van der Waals surface area contributed by atoms with Gasteiger partial charge in [0.15, 0.2) is 0 Å². The van der Waals surface area contributed by atoms with Crippen LogP contribution in [-0.2, 0) is 0 Å². The summed E-state index contributed by atoms with van der Waals surface area (Å²) < 4.78 is 10.5. The summed E-state index contributed by atoms with van der Waals surface area (Å²) in [4.78, 5) is 4.20. The first kappa shape index (κ1) is 11.7. The molecule has 4 heteroatoms. The van der Waals surface area contributed by atoms with E-state index in [2.05, 4.69) is 4.98 Å². The molecule has 1 aromatic carbocycles. The van der Waals surface area contributed by atoms with Crippen molar-refractivity contribution in [2.75, 3.05) is 14.2 Å². The van der Waals surface area contributed by atoms with Crippen LogP contribution in [0, 0.1) is 0 Å². The van der Waals surface area contributed by atoms with Gasteiger partial charge in [-0.2, -0.15) is 0 Å². The summed E-state index contributed by atoms with van der Waals surface area (Å²) in [6, 6.07) is 5.53. The summed E-state index contributed by atoms with van der Waals surface area (Å²) >= 11 is 0. The molecule has 1 heterocycles. The maximum Gasteiger partial charge on any atom is 0.130 e. The van der Waals surface area contributed by atoms with Crippen molar-refractivity contribution in [3.05, 3.63) is 30.1 Å². The van der Waals surface area contributed by atoms with Crippen molar-refractivity contribution in [3.8, 4) is 11.5 Å². The predicted octanol–water partition coefficient (Wildman–Crippen LogP) is 2.31. The van der Waals surface area contributed by atoms with Gasteiger partial charge in [0.05, 0.1) is 26.0 Å². The van der Waals surface area contributed by atoms with Crippen molar-refractivity contribution in [3.63, 3.8) is 0 Å². The molecule has 0 saturated carbocycles. The van der Waals surface area contributed by atoms with E-state index < -0.39 is 6.10 Å². The van der Waals surface area contributed by atoms with E-state index in [9.17, 15) is 5.11 Å². The van der Waals surface area contributed by atoms with Crippen LogP contribution in [0.5, 0.6) is 11.5 Å². The zero-order chi connectivity index (χ0) is 12.4. The summed E-state index contributed by atoms with van der Waals surface area (Å²) in [5.74, 6) is 1.40. The third-order valence-corrected chi connectivity index (χ3v) is 2.70. The number of methoxy groups -OCH3 is 2. The van der Waals surface area contributed by atoms with Crippen molar-refractivity contribution >= 4 is 10.8 Å². The molecule has 0 amide bonds. The van der Waals surface area contributed by atoms with Gasteiger partial charge in [0.2, 0.25) is 0 Å². The number of benzene rings is 1. The fourth-order valence-corrected chi connectivity index (χ4v) is 1.87. The Kier molecular flexibility index (Phi) is 3.15. The molecule has 2 aromatic rings. The lowest BCUT2D eigenvalue weighted by molar-refractivity contribution is 0.196. The van der Waals surface area contributed by atoms with E-state index in [1.807, 2.05) is 18.2 Å². The molecule has 17 heavy (non-hydrogen) atoms. The van der Waals surface area contributed by atoms with E-state index in [4.69, 9.17) is 9.47 Å². The van der Waals surface area contributed by atoms with Crippen molar-refractivity contribution in [1.29, 1.82) is 0 Å². The first-order valence-corrected chi connectivity index (χ1v) is 5.36. The van der Waals surface area contributed by atoms with Gasteiger partial charge < -0.3 is 14.6 Å². The van der Waals surface area contributed by atoms with Crippen LogP contribution < -0.4 is 9.47 Å². The van der Waals surface area contributed by atoms with E-state index in [1.54, 1.807) is 27.3 Å². The number of nitrogens with zero attached hydrogens (tertiary/aromatic N) is 1. The van der Waals surface area contributed by atoms with Gasteiger partial charge in [-0.3, -0.25) is 4.98 Å². The number of aromatic nitrogens is 1. The quantitative estimate of drug-likeness (QED) is 0.883. The highest BCUT2D eigenvalue weighted by molar-refractivity contribution is 5.91. The van der Waals surface area contributed by atoms with Gasteiger partial charge >= 0.3 is 0 Å². The number of pyridine rings is 1. The van der Waals surface area contributed by atoms with Crippen molar-refractivity contribution in [2.45, 2.75) is 13.0 Å². The number of fused-ring (bicyclic) bond motifs is 1. The summed E-state index contributed by atoms with van der Waals surface area (Å²) in [7, 11) is 3.20. The van der Waals surface area contributed by atoms with Crippen LogP contribution in [0.3, 0.4) is 0 Å². The van der Waals surface area contributed by atoms with Crippen molar-refractivity contribution in [1.82, 2.24) is 4.98 Å². The van der Waals surface area contributed by atoms with Crippen molar-refractivity contribution in [2.24, 2.45) is 0 Å². The standard InChI is InChI=1S/C13H15NO3/c1-8(15)13-11-6-9(16-2)7-12(17-3)10(11)4-5-14-13/h4-8,15H,1-3H3. The molecule has 0 aliphatic carbocycles. The molecular formula is C13H15NO3. The van der Waals surface area contributed by atoms with Crippen LogP contribution >= 0.6 is 0 Å². The third-order valence-electron chi connectivity index (χ3n) is 2.70. The Morgan fingerprint density at radius 1 is 1.18 bits per heavy atom. The van der Waals surface area contributed by atoms with Gasteiger partial charge in [-0.05, 0) is 19.1 Å². The number of hydrogen-bond acceptors (Lipinski definition) is 4. The molecule has 1 aromatic heterocycles. The molecule has 1 unspecified atom stereocenters. The molecule has 0 spiro atoms. The average molecular weight is 233 g/mol. The number of aliphatic hydroxyl groups excluding tert-OH is 1. The van der Waals surface area contributed by atoms with Crippen LogP contribution in [0.25, 0.3) is 10.8 Å². The average Bonchev–Trinajstić information content (AvgIpc) is 2.36.